The van der Waals surface area contributed by atoms with Crippen molar-refractivity contribution >= 4 is 28.8 Å². The van der Waals surface area contributed by atoms with Crippen LogP contribution in [0.3, 0.4) is 0 Å². The van der Waals surface area contributed by atoms with E-state index < -0.39 is 0 Å². The first-order valence-electron chi connectivity index (χ1n) is 3.50. The number of nitrogens with zero attached hydrogens (tertiary/aromatic N) is 3. The number of hydrogen-bond donors (Lipinski definition) is 0. The molecule has 0 unspecified atom stereocenters. The van der Waals surface area contributed by atoms with Gasteiger partial charge in [0, 0.05) is 0 Å². The van der Waals surface area contributed by atoms with Gasteiger partial charge in [-0.15, -0.1) is 0 Å². The van der Waals surface area contributed by atoms with Crippen molar-refractivity contribution in [1.82, 2.24) is 15.0 Å². The highest BCUT2D eigenvalue weighted by Gasteiger charge is 2.03. The fraction of sp³-hybridized carbons (Fsp3) is 0.125. The molecule has 0 aromatic carbocycles. The van der Waals surface area contributed by atoms with Gasteiger partial charge in [-0.05, 0) is 35.7 Å². The molecular formula is C8H7Cl2N3. The van der Waals surface area contributed by atoms with Gasteiger partial charge in [0.15, 0.2) is 5.82 Å². The zero-order chi connectivity index (χ0) is 9.84. The Kier molecular flexibility index (Phi) is 3.39. The van der Waals surface area contributed by atoms with Crippen LogP contribution < -0.4 is 0 Å². The van der Waals surface area contributed by atoms with Crippen molar-refractivity contribution in [1.29, 1.82) is 0 Å². The Balaban J connectivity index is 3.15. The first-order chi connectivity index (χ1) is 6.13. The van der Waals surface area contributed by atoms with Gasteiger partial charge >= 0.3 is 0 Å². The summed E-state index contributed by atoms with van der Waals surface area (Å²) in [6.07, 6.45) is 3.41. The van der Waals surface area contributed by atoms with Crippen molar-refractivity contribution in [3.8, 4) is 0 Å². The van der Waals surface area contributed by atoms with Crippen molar-refractivity contribution in [3.63, 3.8) is 0 Å². The molecule has 0 radical (unpaired) electrons. The van der Waals surface area contributed by atoms with Gasteiger partial charge in [0.05, 0.1) is 0 Å². The van der Waals surface area contributed by atoms with Crippen LogP contribution >= 0.6 is 23.2 Å². The maximum atomic E-state index is 5.59. The molecule has 1 heterocycles. The molecule has 0 saturated heterocycles. The van der Waals surface area contributed by atoms with E-state index >= 15 is 0 Å². The van der Waals surface area contributed by atoms with Crippen molar-refractivity contribution in [2.75, 3.05) is 0 Å². The Morgan fingerprint density at radius 2 is 1.77 bits per heavy atom. The van der Waals surface area contributed by atoms with Crippen molar-refractivity contribution in [2.45, 2.75) is 6.92 Å². The molecule has 0 fully saturated rings. The van der Waals surface area contributed by atoms with Crippen molar-refractivity contribution in [2.24, 2.45) is 0 Å². The maximum absolute atomic E-state index is 5.59. The molecule has 5 heteroatoms. The highest BCUT2D eigenvalue weighted by molar-refractivity contribution is 6.31. The van der Waals surface area contributed by atoms with Crippen molar-refractivity contribution < 1.29 is 0 Å². The summed E-state index contributed by atoms with van der Waals surface area (Å²) < 4.78 is 0. The molecule has 1 aromatic heterocycles. The topological polar surface area (TPSA) is 38.7 Å². The smallest absolute Gasteiger partial charge is 0.198 e. The summed E-state index contributed by atoms with van der Waals surface area (Å²) in [6.45, 7) is 5.39. The van der Waals surface area contributed by atoms with Crippen LogP contribution in [-0.2, 0) is 0 Å². The second kappa shape index (κ2) is 4.35. The van der Waals surface area contributed by atoms with E-state index in [9.17, 15) is 0 Å². The van der Waals surface area contributed by atoms with E-state index in [2.05, 4.69) is 21.5 Å². The summed E-state index contributed by atoms with van der Waals surface area (Å²) in [5.74, 6) is 0.463. The second-order valence-corrected chi connectivity index (χ2v) is 2.96. The molecule has 0 aliphatic carbocycles. The molecule has 0 amide bonds. The molecule has 0 atom stereocenters. The van der Waals surface area contributed by atoms with Gasteiger partial charge in [0.1, 0.15) is 0 Å². The van der Waals surface area contributed by atoms with Gasteiger partial charge in [-0.25, -0.2) is 0 Å². The SMILES string of the molecule is C=C/C=C(\C)c1nc(Cl)nc(Cl)n1. The van der Waals surface area contributed by atoms with Crippen molar-refractivity contribution in [3.05, 3.63) is 35.1 Å². The molecule has 0 N–H and O–H groups in total. The van der Waals surface area contributed by atoms with E-state index in [4.69, 9.17) is 23.2 Å². The van der Waals surface area contributed by atoms with Gasteiger partial charge in [0.2, 0.25) is 10.6 Å². The van der Waals surface area contributed by atoms with Crippen LogP contribution in [0.2, 0.25) is 10.6 Å². The number of hydrogen-bond acceptors (Lipinski definition) is 3. The van der Waals surface area contributed by atoms with Gasteiger partial charge in [0.25, 0.3) is 0 Å². The summed E-state index contributed by atoms with van der Waals surface area (Å²) in [5.41, 5.74) is 0.834. The second-order valence-electron chi connectivity index (χ2n) is 2.28. The fourth-order valence-electron chi connectivity index (χ4n) is 0.754. The predicted octanol–water partition coefficient (Wildman–Crippen LogP) is 2.77. The molecule has 3 nitrogen and oxygen atoms in total. The minimum Gasteiger partial charge on any atom is -0.198 e. The highest BCUT2D eigenvalue weighted by Crippen LogP contribution is 2.13. The van der Waals surface area contributed by atoms with Crippen LogP contribution in [0.5, 0.6) is 0 Å². The number of aromatic nitrogens is 3. The van der Waals surface area contributed by atoms with Crippen LogP contribution in [-0.4, -0.2) is 15.0 Å². The van der Waals surface area contributed by atoms with E-state index in [1.54, 1.807) is 12.2 Å². The van der Waals surface area contributed by atoms with Crippen LogP contribution in [0, 0.1) is 0 Å². The Hall–Kier alpha value is -0.930. The zero-order valence-electron chi connectivity index (χ0n) is 6.96. The molecule has 0 saturated carbocycles. The van der Waals surface area contributed by atoms with Crippen LogP contribution in [0.1, 0.15) is 12.7 Å². The molecule has 0 bridgehead atoms. The monoisotopic (exact) mass is 215 g/mol. The minimum atomic E-state index is 0.0896. The Morgan fingerprint density at radius 1 is 1.23 bits per heavy atom. The zero-order valence-corrected chi connectivity index (χ0v) is 8.47. The number of halogens is 2. The number of allylic oxidation sites excluding steroid dienone is 3. The normalized spacial score (nSPS) is 11.5. The van der Waals surface area contributed by atoms with E-state index in [1.165, 1.54) is 0 Å². The summed E-state index contributed by atoms with van der Waals surface area (Å²) >= 11 is 11.2. The Labute approximate surface area is 86.1 Å². The van der Waals surface area contributed by atoms with E-state index in [0.29, 0.717) is 5.82 Å². The summed E-state index contributed by atoms with van der Waals surface area (Å²) in [4.78, 5) is 11.4. The van der Waals surface area contributed by atoms with Gasteiger partial charge in [-0.2, -0.15) is 15.0 Å². The summed E-state index contributed by atoms with van der Waals surface area (Å²) in [5, 5.41) is 0.179. The standard InChI is InChI=1S/C8H7Cl2N3/c1-3-4-5(2)6-11-7(9)13-8(10)12-6/h3-4H,1H2,2H3/b5-4+. The molecule has 1 rings (SSSR count). The lowest BCUT2D eigenvalue weighted by molar-refractivity contribution is 1.01. The molecule has 0 aliphatic rings. The predicted molar refractivity (Wildman–Crippen MR) is 53.7 cm³/mol. The summed E-state index contributed by atoms with van der Waals surface area (Å²) in [7, 11) is 0. The third kappa shape index (κ3) is 2.79. The van der Waals surface area contributed by atoms with Crippen LogP contribution in [0.25, 0.3) is 5.57 Å². The third-order valence-electron chi connectivity index (χ3n) is 1.30. The quantitative estimate of drug-likeness (QED) is 0.713. The van der Waals surface area contributed by atoms with Crippen LogP contribution in [0.15, 0.2) is 18.7 Å². The lowest BCUT2D eigenvalue weighted by Crippen LogP contribution is -1.95. The third-order valence-corrected chi connectivity index (χ3v) is 1.64. The lowest BCUT2D eigenvalue weighted by atomic mass is 10.2. The average molecular weight is 216 g/mol. The summed E-state index contributed by atoms with van der Waals surface area (Å²) in [6, 6.07) is 0. The fourth-order valence-corrected chi connectivity index (χ4v) is 1.12. The van der Waals surface area contributed by atoms with E-state index in [-0.39, 0.29) is 10.6 Å². The first kappa shape index (κ1) is 10.2. The van der Waals surface area contributed by atoms with E-state index in [0.717, 1.165) is 5.57 Å². The lowest BCUT2D eigenvalue weighted by Gasteiger charge is -1.98. The Bertz CT molecular complexity index is 340. The Morgan fingerprint density at radius 3 is 2.23 bits per heavy atom. The average Bonchev–Trinajstić information content (AvgIpc) is 2.03. The molecule has 0 aliphatic heterocycles. The van der Waals surface area contributed by atoms with Crippen LogP contribution in [0.4, 0.5) is 0 Å². The largest absolute Gasteiger partial charge is 0.227 e. The highest BCUT2D eigenvalue weighted by atomic mass is 35.5. The molecule has 13 heavy (non-hydrogen) atoms. The molecular weight excluding hydrogens is 209 g/mol. The number of rotatable bonds is 2. The molecule has 68 valence electrons. The first-order valence-corrected chi connectivity index (χ1v) is 4.26. The van der Waals surface area contributed by atoms with Gasteiger partial charge in [-0.1, -0.05) is 18.7 Å². The van der Waals surface area contributed by atoms with Gasteiger partial charge in [-0.3, -0.25) is 0 Å². The molecule has 1 aromatic rings. The molecule has 0 spiro atoms. The minimum absolute atomic E-state index is 0.0896. The maximum Gasteiger partial charge on any atom is 0.227 e. The van der Waals surface area contributed by atoms with Gasteiger partial charge < -0.3 is 0 Å². The van der Waals surface area contributed by atoms with E-state index in [1.807, 2.05) is 6.92 Å².